The van der Waals surface area contributed by atoms with Gasteiger partial charge in [0, 0.05) is 36.4 Å². The molecule has 0 spiro atoms. The summed E-state index contributed by atoms with van der Waals surface area (Å²) in [4.78, 5) is 2.44. The highest BCUT2D eigenvalue weighted by Crippen LogP contribution is 2.18. The average Bonchev–Trinajstić information content (AvgIpc) is 2.35. The van der Waals surface area contributed by atoms with Crippen molar-refractivity contribution in [3.8, 4) is 0 Å². The summed E-state index contributed by atoms with van der Waals surface area (Å²) < 4.78 is 0. The van der Waals surface area contributed by atoms with Crippen molar-refractivity contribution in [1.82, 2.24) is 4.90 Å². The summed E-state index contributed by atoms with van der Waals surface area (Å²) in [6, 6.07) is 8.52. The Kier molecular flexibility index (Phi) is 4.46. The van der Waals surface area contributed by atoms with Gasteiger partial charge in [-0.15, -0.1) is 6.58 Å². The molecule has 1 fully saturated rings. The molecular formula is C14H19ClN2. The predicted octanol–water partition coefficient (Wildman–Crippen LogP) is 3.40. The zero-order valence-corrected chi connectivity index (χ0v) is 10.8. The number of anilines is 1. The summed E-state index contributed by atoms with van der Waals surface area (Å²) in [6.45, 7) is 7.09. The Hall–Kier alpha value is -0.990. The van der Waals surface area contributed by atoms with E-state index in [1.54, 1.807) is 0 Å². The average molecular weight is 251 g/mol. The van der Waals surface area contributed by atoms with Crippen molar-refractivity contribution in [2.45, 2.75) is 18.9 Å². The van der Waals surface area contributed by atoms with Gasteiger partial charge in [0.05, 0.1) is 0 Å². The van der Waals surface area contributed by atoms with Gasteiger partial charge in [0.2, 0.25) is 0 Å². The van der Waals surface area contributed by atoms with Crippen LogP contribution in [0, 0.1) is 0 Å². The number of rotatable bonds is 4. The molecule has 0 amide bonds. The summed E-state index contributed by atoms with van der Waals surface area (Å²) in [6.07, 6.45) is 4.36. The Labute approximate surface area is 108 Å². The maximum Gasteiger partial charge on any atom is 0.0407 e. The van der Waals surface area contributed by atoms with Crippen molar-refractivity contribution in [1.29, 1.82) is 0 Å². The molecule has 2 nitrogen and oxygen atoms in total. The van der Waals surface area contributed by atoms with Gasteiger partial charge in [-0.3, -0.25) is 4.90 Å². The lowest BCUT2D eigenvalue weighted by atomic mass is 10.0. The van der Waals surface area contributed by atoms with Crippen LogP contribution in [0.4, 0.5) is 5.69 Å². The number of hydrogen-bond donors (Lipinski definition) is 1. The van der Waals surface area contributed by atoms with Crippen LogP contribution < -0.4 is 5.32 Å². The first-order chi connectivity index (χ1) is 8.28. The number of likely N-dealkylation sites (tertiary alicyclic amines) is 1. The van der Waals surface area contributed by atoms with Crippen LogP contribution in [0.15, 0.2) is 36.9 Å². The van der Waals surface area contributed by atoms with Gasteiger partial charge in [-0.1, -0.05) is 17.7 Å². The molecule has 1 aromatic rings. The molecule has 1 saturated heterocycles. The van der Waals surface area contributed by atoms with Crippen LogP contribution in [0.3, 0.4) is 0 Å². The molecule has 17 heavy (non-hydrogen) atoms. The summed E-state index contributed by atoms with van der Waals surface area (Å²) in [5.74, 6) is 0. The van der Waals surface area contributed by atoms with E-state index in [0.29, 0.717) is 6.04 Å². The molecule has 0 aliphatic carbocycles. The smallest absolute Gasteiger partial charge is 0.0407 e. The first-order valence-corrected chi connectivity index (χ1v) is 6.51. The molecular weight excluding hydrogens is 232 g/mol. The fraction of sp³-hybridized carbons (Fsp3) is 0.429. The molecule has 0 unspecified atom stereocenters. The fourth-order valence-electron chi connectivity index (χ4n) is 2.22. The van der Waals surface area contributed by atoms with Crippen molar-refractivity contribution in [3.63, 3.8) is 0 Å². The van der Waals surface area contributed by atoms with Gasteiger partial charge in [-0.25, -0.2) is 0 Å². The minimum absolute atomic E-state index is 0.581. The molecule has 92 valence electrons. The number of benzene rings is 1. The van der Waals surface area contributed by atoms with Crippen LogP contribution >= 0.6 is 11.6 Å². The minimum Gasteiger partial charge on any atom is -0.382 e. The molecule has 0 aromatic heterocycles. The Bertz CT molecular complexity index is 353. The highest BCUT2D eigenvalue weighted by Gasteiger charge is 2.17. The lowest BCUT2D eigenvalue weighted by molar-refractivity contribution is 0.240. The van der Waals surface area contributed by atoms with Crippen molar-refractivity contribution in [3.05, 3.63) is 41.9 Å². The molecule has 1 aliphatic heterocycles. The Morgan fingerprint density at radius 2 is 1.94 bits per heavy atom. The summed E-state index contributed by atoms with van der Waals surface area (Å²) >= 11 is 5.86. The van der Waals surface area contributed by atoms with Gasteiger partial charge in [0.15, 0.2) is 0 Å². The van der Waals surface area contributed by atoms with E-state index in [4.69, 9.17) is 11.6 Å². The van der Waals surface area contributed by atoms with E-state index in [2.05, 4.69) is 16.8 Å². The Morgan fingerprint density at radius 3 is 2.53 bits per heavy atom. The van der Waals surface area contributed by atoms with E-state index in [0.717, 1.165) is 30.3 Å². The number of hydrogen-bond acceptors (Lipinski definition) is 2. The molecule has 1 heterocycles. The minimum atomic E-state index is 0.581. The molecule has 1 aliphatic rings. The van der Waals surface area contributed by atoms with Gasteiger partial charge in [0.1, 0.15) is 0 Å². The standard InChI is InChI=1S/C14H19ClN2/c1-2-9-17-10-7-14(8-11-17)16-13-5-3-12(15)4-6-13/h2-6,14,16H,1,7-11H2. The molecule has 2 rings (SSSR count). The molecule has 1 aromatic carbocycles. The van der Waals surface area contributed by atoms with E-state index < -0.39 is 0 Å². The third-order valence-corrected chi connectivity index (χ3v) is 3.44. The third kappa shape index (κ3) is 3.76. The van der Waals surface area contributed by atoms with Crippen molar-refractivity contribution in [2.75, 3.05) is 25.0 Å². The highest BCUT2D eigenvalue weighted by atomic mass is 35.5. The molecule has 0 atom stereocenters. The second kappa shape index (κ2) is 6.08. The van der Waals surface area contributed by atoms with E-state index in [1.165, 1.54) is 12.8 Å². The van der Waals surface area contributed by atoms with E-state index >= 15 is 0 Å². The summed E-state index contributed by atoms with van der Waals surface area (Å²) in [5, 5.41) is 4.35. The van der Waals surface area contributed by atoms with Crippen LogP contribution in [0.2, 0.25) is 5.02 Å². The molecule has 1 N–H and O–H groups in total. The second-order valence-electron chi connectivity index (χ2n) is 4.51. The zero-order valence-electron chi connectivity index (χ0n) is 10.0. The van der Waals surface area contributed by atoms with Gasteiger partial charge in [-0.2, -0.15) is 0 Å². The number of piperidine rings is 1. The Balaban J connectivity index is 1.81. The molecule has 0 radical (unpaired) electrons. The largest absolute Gasteiger partial charge is 0.382 e. The van der Waals surface area contributed by atoms with Crippen LogP contribution in [-0.2, 0) is 0 Å². The number of nitrogens with one attached hydrogen (secondary N) is 1. The first-order valence-electron chi connectivity index (χ1n) is 6.13. The molecule has 0 saturated carbocycles. The second-order valence-corrected chi connectivity index (χ2v) is 4.95. The van der Waals surface area contributed by atoms with Crippen LogP contribution in [0.25, 0.3) is 0 Å². The SMILES string of the molecule is C=CCN1CCC(Nc2ccc(Cl)cc2)CC1. The lowest BCUT2D eigenvalue weighted by Gasteiger charge is -2.32. The maximum atomic E-state index is 5.86. The predicted molar refractivity (Wildman–Crippen MR) is 74.7 cm³/mol. The van der Waals surface area contributed by atoms with Gasteiger partial charge in [-0.05, 0) is 37.1 Å². The van der Waals surface area contributed by atoms with Gasteiger partial charge >= 0.3 is 0 Å². The first kappa shape index (κ1) is 12.5. The summed E-state index contributed by atoms with van der Waals surface area (Å²) in [5.41, 5.74) is 1.16. The number of nitrogens with zero attached hydrogens (tertiary/aromatic N) is 1. The highest BCUT2D eigenvalue weighted by molar-refractivity contribution is 6.30. The number of halogens is 1. The van der Waals surface area contributed by atoms with Gasteiger partial charge in [0.25, 0.3) is 0 Å². The van der Waals surface area contributed by atoms with Gasteiger partial charge < -0.3 is 5.32 Å². The lowest BCUT2D eigenvalue weighted by Crippen LogP contribution is -2.39. The fourth-order valence-corrected chi connectivity index (χ4v) is 2.35. The van der Waals surface area contributed by atoms with Crippen LogP contribution in [0.1, 0.15) is 12.8 Å². The third-order valence-electron chi connectivity index (χ3n) is 3.19. The monoisotopic (exact) mass is 250 g/mol. The van der Waals surface area contributed by atoms with Crippen LogP contribution in [0.5, 0.6) is 0 Å². The molecule has 3 heteroatoms. The van der Waals surface area contributed by atoms with E-state index in [9.17, 15) is 0 Å². The zero-order chi connectivity index (χ0) is 12.1. The van der Waals surface area contributed by atoms with Crippen molar-refractivity contribution < 1.29 is 0 Å². The summed E-state index contributed by atoms with van der Waals surface area (Å²) in [7, 11) is 0. The van der Waals surface area contributed by atoms with Crippen LogP contribution in [-0.4, -0.2) is 30.6 Å². The van der Waals surface area contributed by atoms with Crippen molar-refractivity contribution >= 4 is 17.3 Å². The Morgan fingerprint density at radius 1 is 1.29 bits per heavy atom. The normalized spacial score (nSPS) is 17.9. The topological polar surface area (TPSA) is 15.3 Å². The quantitative estimate of drug-likeness (QED) is 0.824. The maximum absolute atomic E-state index is 5.86. The van der Waals surface area contributed by atoms with Crippen molar-refractivity contribution in [2.24, 2.45) is 0 Å². The van der Waals surface area contributed by atoms with E-state index in [1.807, 2.05) is 30.3 Å². The molecule has 0 bridgehead atoms. The van der Waals surface area contributed by atoms with E-state index in [-0.39, 0.29) is 0 Å².